The molecule has 0 radical (unpaired) electrons. The highest BCUT2D eigenvalue weighted by atomic mass is 16.5. The van der Waals surface area contributed by atoms with Gasteiger partial charge in [-0.2, -0.15) is 0 Å². The van der Waals surface area contributed by atoms with Crippen molar-refractivity contribution in [3.8, 4) is 0 Å². The number of ether oxygens (including phenoxy) is 1. The van der Waals surface area contributed by atoms with Crippen molar-refractivity contribution in [3.63, 3.8) is 0 Å². The molecule has 1 aliphatic carbocycles. The zero-order valence-electron chi connectivity index (χ0n) is 12.8. The van der Waals surface area contributed by atoms with Crippen LogP contribution in [0, 0.1) is 0 Å². The van der Waals surface area contributed by atoms with E-state index in [2.05, 4.69) is 0 Å². The van der Waals surface area contributed by atoms with Crippen molar-refractivity contribution in [1.82, 2.24) is 9.80 Å². The second kappa shape index (κ2) is 6.77. The van der Waals surface area contributed by atoms with Crippen molar-refractivity contribution in [1.29, 1.82) is 0 Å². The lowest BCUT2D eigenvalue weighted by molar-refractivity contribution is -0.139. The molecule has 1 unspecified atom stereocenters. The molecule has 5 heteroatoms. The number of carbonyl (C=O) groups excluding carboxylic acids is 2. The monoisotopic (exact) mass is 294 g/mol. The average Bonchev–Trinajstić information content (AvgIpc) is 2.96. The van der Waals surface area contributed by atoms with Crippen molar-refractivity contribution in [3.05, 3.63) is 0 Å². The Kier molecular flexibility index (Phi) is 4.78. The summed E-state index contributed by atoms with van der Waals surface area (Å²) in [5.41, 5.74) is 0. The highest BCUT2D eigenvalue weighted by molar-refractivity contribution is 5.90. The van der Waals surface area contributed by atoms with E-state index in [0.29, 0.717) is 32.2 Å². The number of carbonyl (C=O) groups is 2. The Hall–Kier alpha value is -1.10. The maximum absolute atomic E-state index is 12.5. The fraction of sp³-hybridized carbons (Fsp3) is 0.875. The molecule has 118 valence electrons. The molecule has 21 heavy (non-hydrogen) atoms. The number of rotatable bonds is 4. The van der Waals surface area contributed by atoms with E-state index in [1.165, 1.54) is 19.3 Å². The summed E-state index contributed by atoms with van der Waals surface area (Å²) < 4.78 is 5.92. The van der Waals surface area contributed by atoms with Gasteiger partial charge in [0.25, 0.3) is 0 Å². The normalized spacial score (nSPS) is 27.9. The van der Waals surface area contributed by atoms with Gasteiger partial charge in [-0.25, -0.2) is 0 Å². The van der Waals surface area contributed by atoms with Gasteiger partial charge in [0.05, 0.1) is 12.7 Å². The Balaban J connectivity index is 1.50. The molecule has 5 nitrogen and oxygen atoms in total. The van der Waals surface area contributed by atoms with Crippen LogP contribution in [0.15, 0.2) is 0 Å². The summed E-state index contributed by atoms with van der Waals surface area (Å²) in [5.74, 6) is 0.271. The van der Waals surface area contributed by atoms with Gasteiger partial charge in [-0.15, -0.1) is 0 Å². The number of amides is 2. The standard InChI is InChI=1S/C16H26N2O3/c19-15-8-10-17(16(20)14-7-4-9-18(14)15)11-12-21-13-5-2-1-3-6-13/h13-14H,1-12H2. The molecule has 0 aromatic heterocycles. The molecule has 0 N–H and O–H groups in total. The van der Waals surface area contributed by atoms with Crippen LogP contribution in [0.3, 0.4) is 0 Å². The minimum atomic E-state index is -0.199. The first-order chi connectivity index (χ1) is 10.3. The third-order valence-electron chi connectivity index (χ3n) is 5.03. The highest BCUT2D eigenvalue weighted by Crippen LogP contribution is 2.24. The van der Waals surface area contributed by atoms with Gasteiger partial charge >= 0.3 is 0 Å². The van der Waals surface area contributed by atoms with Crippen molar-refractivity contribution in [2.24, 2.45) is 0 Å². The summed E-state index contributed by atoms with van der Waals surface area (Å²) in [7, 11) is 0. The Bertz CT molecular complexity index is 393. The molecule has 2 saturated heterocycles. The van der Waals surface area contributed by atoms with Crippen LogP contribution in [0.1, 0.15) is 51.4 Å². The van der Waals surface area contributed by atoms with E-state index in [1.54, 1.807) is 4.90 Å². The first-order valence-corrected chi connectivity index (χ1v) is 8.45. The molecule has 0 aromatic carbocycles. The van der Waals surface area contributed by atoms with E-state index in [0.717, 1.165) is 32.2 Å². The predicted molar refractivity (Wildman–Crippen MR) is 78.8 cm³/mol. The van der Waals surface area contributed by atoms with Crippen LogP contribution >= 0.6 is 0 Å². The third-order valence-corrected chi connectivity index (χ3v) is 5.03. The summed E-state index contributed by atoms with van der Waals surface area (Å²) >= 11 is 0. The van der Waals surface area contributed by atoms with Crippen molar-refractivity contribution < 1.29 is 14.3 Å². The van der Waals surface area contributed by atoms with Crippen molar-refractivity contribution >= 4 is 11.8 Å². The summed E-state index contributed by atoms with van der Waals surface area (Å²) in [6.07, 6.45) is 8.78. The molecule has 3 rings (SSSR count). The Morgan fingerprint density at radius 2 is 1.81 bits per heavy atom. The highest BCUT2D eigenvalue weighted by Gasteiger charge is 2.38. The number of hydrogen-bond acceptors (Lipinski definition) is 3. The second-order valence-electron chi connectivity index (χ2n) is 6.45. The molecule has 2 amide bonds. The van der Waals surface area contributed by atoms with Crippen LogP contribution in [-0.2, 0) is 14.3 Å². The van der Waals surface area contributed by atoms with Gasteiger partial charge in [0.15, 0.2) is 0 Å². The lowest BCUT2D eigenvalue weighted by Gasteiger charge is -2.27. The van der Waals surface area contributed by atoms with Gasteiger partial charge < -0.3 is 14.5 Å². The third kappa shape index (κ3) is 3.39. The second-order valence-corrected chi connectivity index (χ2v) is 6.45. The maximum atomic E-state index is 12.5. The molecule has 3 aliphatic rings. The van der Waals surface area contributed by atoms with E-state index in [9.17, 15) is 9.59 Å². The van der Waals surface area contributed by atoms with Crippen molar-refractivity contribution in [2.45, 2.75) is 63.5 Å². The van der Waals surface area contributed by atoms with E-state index >= 15 is 0 Å². The fourth-order valence-corrected chi connectivity index (χ4v) is 3.80. The van der Waals surface area contributed by atoms with Gasteiger partial charge in [0.2, 0.25) is 11.8 Å². The van der Waals surface area contributed by atoms with Crippen LogP contribution in [0.4, 0.5) is 0 Å². The average molecular weight is 294 g/mol. The molecule has 2 aliphatic heterocycles. The number of fused-ring (bicyclic) bond motifs is 1. The molecule has 1 atom stereocenters. The molecule has 1 saturated carbocycles. The van der Waals surface area contributed by atoms with Crippen LogP contribution in [0.2, 0.25) is 0 Å². The van der Waals surface area contributed by atoms with Gasteiger partial charge in [-0.3, -0.25) is 9.59 Å². The number of hydrogen-bond donors (Lipinski definition) is 0. The van der Waals surface area contributed by atoms with Crippen LogP contribution in [0.5, 0.6) is 0 Å². The minimum absolute atomic E-state index is 0.130. The Morgan fingerprint density at radius 3 is 2.62 bits per heavy atom. The lowest BCUT2D eigenvalue weighted by Crippen LogP contribution is -2.44. The molecule has 3 fully saturated rings. The van der Waals surface area contributed by atoms with Crippen LogP contribution in [0.25, 0.3) is 0 Å². The lowest BCUT2D eigenvalue weighted by atomic mass is 9.98. The summed E-state index contributed by atoms with van der Waals surface area (Å²) in [4.78, 5) is 28.2. The molecule has 0 spiro atoms. The van der Waals surface area contributed by atoms with Crippen LogP contribution < -0.4 is 0 Å². The summed E-state index contributed by atoms with van der Waals surface area (Å²) in [6.45, 7) is 2.55. The molecular weight excluding hydrogens is 268 g/mol. The van der Waals surface area contributed by atoms with Gasteiger partial charge in [0.1, 0.15) is 6.04 Å². The smallest absolute Gasteiger partial charge is 0.245 e. The van der Waals surface area contributed by atoms with E-state index in [-0.39, 0.29) is 17.9 Å². The van der Waals surface area contributed by atoms with Gasteiger partial charge in [-0.1, -0.05) is 19.3 Å². The largest absolute Gasteiger partial charge is 0.376 e. The van der Waals surface area contributed by atoms with E-state index in [1.807, 2.05) is 4.90 Å². The Morgan fingerprint density at radius 1 is 1.00 bits per heavy atom. The van der Waals surface area contributed by atoms with E-state index in [4.69, 9.17) is 4.74 Å². The molecular formula is C16H26N2O3. The summed E-state index contributed by atoms with van der Waals surface area (Å²) in [5, 5.41) is 0. The summed E-state index contributed by atoms with van der Waals surface area (Å²) in [6, 6.07) is -0.199. The van der Waals surface area contributed by atoms with E-state index < -0.39 is 0 Å². The fourth-order valence-electron chi connectivity index (χ4n) is 3.80. The first kappa shape index (κ1) is 14.8. The topological polar surface area (TPSA) is 49.9 Å². The maximum Gasteiger partial charge on any atom is 0.245 e. The zero-order valence-corrected chi connectivity index (χ0v) is 12.8. The van der Waals surface area contributed by atoms with Gasteiger partial charge in [0, 0.05) is 26.1 Å². The van der Waals surface area contributed by atoms with Crippen LogP contribution in [-0.4, -0.2) is 60.0 Å². The zero-order chi connectivity index (χ0) is 14.7. The van der Waals surface area contributed by atoms with Crippen molar-refractivity contribution in [2.75, 3.05) is 26.2 Å². The molecule has 0 aromatic rings. The first-order valence-electron chi connectivity index (χ1n) is 8.45. The molecule has 2 heterocycles. The minimum Gasteiger partial charge on any atom is -0.376 e. The molecule has 0 bridgehead atoms. The van der Waals surface area contributed by atoms with Gasteiger partial charge in [-0.05, 0) is 25.7 Å². The Labute approximate surface area is 126 Å². The quantitative estimate of drug-likeness (QED) is 0.790. The SMILES string of the molecule is O=C1C2CCCN2C(=O)CCN1CCOC1CCCCC1. The predicted octanol–water partition coefficient (Wildman–Crippen LogP) is 1.56. The number of nitrogens with zero attached hydrogens (tertiary/aromatic N) is 2.